The van der Waals surface area contributed by atoms with Gasteiger partial charge in [0, 0.05) is 30.8 Å². The van der Waals surface area contributed by atoms with Gasteiger partial charge in [-0.25, -0.2) is 0 Å². The number of phenolic OH excluding ortho intramolecular Hbond substituents is 1. The van der Waals surface area contributed by atoms with E-state index in [0.29, 0.717) is 50.3 Å². The van der Waals surface area contributed by atoms with Crippen LogP contribution in [0.25, 0.3) is 6.08 Å². The molecule has 48 heavy (non-hydrogen) atoms. The maximum atomic E-state index is 14.2. The van der Waals surface area contributed by atoms with E-state index in [-0.39, 0.29) is 23.3 Å². The third kappa shape index (κ3) is 5.12. The Labute approximate surface area is 278 Å². The van der Waals surface area contributed by atoms with Crippen LogP contribution < -0.4 is 4.74 Å². The number of carbonyl (C=O) groups excluding carboxylic acids is 1. The molecular formula is C39H41F3N2O4. The van der Waals surface area contributed by atoms with Crippen molar-refractivity contribution in [3.05, 3.63) is 101 Å². The SMILES string of the molecule is O=C(C=Cc1cccc(C(F)(F)F)c1)N(CCCc1ccccc1)[C@@H]1CC[C@@]2(O)[C@H]3Cc4ccc(O)c5c4[C@@]2(CCN3CC2CC2)[C@H]1O5. The summed E-state index contributed by atoms with van der Waals surface area (Å²) in [5.74, 6) is 0.833. The van der Waals surface area contributed by atoms with Crippen molar-refractivity contribution in [1.29, 1.82) is 0 Å². The number of alkyl halides is 3. The van der Waals surface area contributed by atoms with Crippen molar-refractivity contribution in [1.82, 2.24) is 9.80 Å². The molecule has 3 aromatic rings. The van der Waals surface area contributed by atoms with E-state index >= 15 is 0 Å². The van der Waals surface area contributed by atoms with Crippen LogP contribution in [-0.2, 0) is 29.2 Å². The Hall–Kier alpha value is -3.82. The molecule has 1 spiro atoms. The largest absolute Gasteiger partial charge is 0.504 e. The predicted molar refractivity (Wildman–Crippen MR) is 176 cm³/mol. The third-order valence-corrected chi connectivity index (χ3v) is 11.8. The molecule has 1 saturated heterocycles. The van der Waals surface area contributed by atoms with E-state index in [4.69, 9.17) is 4.74 Å². The Kier molecular flexibility index (Phi) is 7.64. The number of nitrogens with zero attached hydrogens (tertiary/aromatic N) is 2. The van der Waals surface area contributed by atoms with Gasteiger partial charge in [0.2, 0.25) is 5.91 Å². The highest BCUT2D eigenvalue weighted by molar-refractivity contribution is 5.92. The summed E-state index contributed by atoms with van der Waals surface area (Å²) >= 11 is 0. The van der Waals surface area contributed by atoms with E-state index in [1.165, 1.54) is 31.1 Å². The van der Waals surface area contributed by atoms with E-state index in [1.54, 1.807) is 12.1 Å². The fourth-order valence-corrected chi connectivity index (χ4v) is 9.39. The molecule has 2 aliphatic heterocycles. The number of aromatic hydroxyl groups is 1. The highest BCUT2D eigenvalue weighted by Gasteiger charge is 2.73. The number of hydrogen-bond donors (Lipinski definition) is 2. The van der Waals surface area contributed by atoms with Crippen molar-refractivity contribution in [2.75, 3.05) is 19.6 Å². The molecule has 3 fully saturated rings. The highest BCUT2D eigenvalue weighted by Crippen LogP contribution is 2.66. The van der Waals surface area contributed by atoms with Gasteiger partial charge in [-0.15, -0.1) is 0 Å². The maximum absolute atomic E-state index is 14.2. The fourth-order valence-electron chi connectivity index (χ4n) is 9.39. The van der Waals surface area contributed by atoms with Crippen molar-refractivity contribution in [3.63, 3.8) is 0 Å². The second-order valence-corrected chi connectivity index (χ2v) is 14.5. The van der Waals surface area contributed by atoms with E-state index in [0.717, 1.165) is 48.3 Å². The number of hydrogen-bond acceptors (Lipinski definition) is 5. The summed E-state index contributed by atoms with van der Waals surface area (Å²) in [4.78, 5) is 18.5. The second-order valence-electron chi connectivity index (χ2n) is 14.5. The number of likely N-dealkylation sites (tertiary alicyclic amines) is 1. The fraction of sp³-hybridized carbons (Fsp3) is 0.462. The Balaban J connectivity index is 1.15. The third-order valence-electron chi connectivity index (χ3n) is 11.8. The Morgan fingerprint density at radius 3 is 2.62 bits per heavy atom. The minimum absolute atomic E-state index is 0.0453. The van der Waals surface area contributed by atoms with Crippen molar-refractivity contribution in [2.45, 2.75) is 86.7 Å². The first-order valence-corrected chi connectivity index (χ1v) is 17.3. The number of aliphatic hydroxyl groups is 1. The van der Waals surface area contributed by atoms with E-state index < -0.39 is 34.9 Å². The summed E-state index contributed by atoms with van der Waals surface area (Å²) < 4.78 is 47.0. The topological polar surface area (TPSA) is 73.2 Å². The van der Waals surface area contributed by atoms with Gasteiger partial charge in [-0.2, -0.15) is 13.2 Å². The van der Waals surface area contributed by atoms with E-state index in [9.17, 15) is 28.2 Å². The van der Waals surface area contributed by atoms with Gasteiger partial charge >= 0.3 is 6.18 Å². The predicted octanol–water partition coefficient (Wildman–Crippen LogP) is 6.52. The Morgan fingerprint density at radius 2 is 1.85 bits per heavy atom. The smallest absolute Gasteiger partial charge is 0.416 e. The van der Waals surface area contributed by atoms with Crippen LogP contribution in [0.4, 0.5) is 13.2 Å². The molecule has 2 heterocycles. The molecule has 252 valence electrons. The van der Waals surface area contributed by atoms with Crippen molar-refractivity contribution in [3.8, 4) is 11.5 Å². The monoisotopic (exact) mass is 658 g/mol. The number of rotatable bonds is 9. The number of phenols is 1. The first-order valence-electron chi connectivity index (χ1n) is 17.3. The molecule has 6 nitrogen and oxygen atoms in total. The van der Waals surface area contributed by atoms with Crippen LogP contribution in [0.1, 0.15) is 66.3 Å². The van der Waals surface area contributed by atoms with Gasteiger partial charge in [0.25, 0.3) is 0 Å². The van der Waals surface area contributed by atoms with Crippen LogP contribution >= 0.6 is 0 Å². The Morgan fingerprint density at radius 1 is 1.04 bits per heavy atom. The first kappa shape index (κ1) is 31.4. The minimum Gasteiger partial charge on any atom is -0.504 e. The molecule has 5 aliphatic rings. The number of amides is 1. The highest BCUT2D eigenvalue weighted by atomic mass is 19.4. The lowest BCUT2D eigenvalue weighted by molar-refractivity contribution is -0.201. The summed E-state index contributed by atoms with van der Waals surface area (Å²) in [5, 5.41) is 24.0. The van der Waals surface area contributed by atoms with Crippen molar-refractivity contribution < 1.29 is 32.9 Å². The molecule has 3 aliphatic carbocycles. The molecule has 9 heteroatoms. The number of aryl methyl sites for hydroxylation is 1. The molecule has 2 saturated carbocycles. The first-order chi connectivity index (χ1) is 23.1. The van der Waals surface area contributed by atoms with Gasteiger partial charge in [-0.05, 0) is 105 Å². The molecule has 2 N–H and O–H groups in total. The second kappa shape index (κ2) is 11.7. The summed E-state index contributed by atoms with van der Waals surface area (Å²) in [6, 6.07) is 18.2. The quantitative estimate of drug-likeness (QED) is 0.256. The minimum atomic E-state index is -4.49. The summed E-state index contributed by atoms with van der Waals surface area (Å²) in [6.45, 7) is 2.19. The average molecular weight is 659 g/mol. The van der Waals surface area contributed by atoms with Crippen molar-refractivity contribution in [2.24, 2.45) is 5.92 Å². The lowest BCUT2D eigenvalue weighted by atomic mass is 9.48. The molecule has 8 rings (SSSR count). The summed E-state index contributed by atoms with van der Waals surface area (Å²) in [6.07, 6.45) is 3.96. The van der Waals surface area contributed by atoms with Gasteiger partial charge < -0.3 is 19.8 Å². The number of carbonyl (C=O) groups is 1. The van der Waals surface area contributed by atoms with Crippen LogP contribution in [-0.4, -0.2) is 69.3 Å². The van der Waals surface area contributed by atoms with Crippen LogP contribution in [0.5, 0.6) is 11.5 Å². The molecule has 2 bridgehead atoms. The summed E-state index contributed by atoms with van der Waals surface area (Å²) in [5.41, 5.74) is 0.792. The number of halogens is 3. The molecule has 3 aromatic carbocycles. The molecule has 0 radical (unpaired) electrons. The van der Waals surface area contributed by atoms with Gasteiger partial charge in [0.15, 0.2) is 11.5 Å². The van der Waals surface area contributed by atoms with Crippen LogP contribution in [0.15, 0.2) is 72.8 Å². The van der Waals surface area contributed by atoms with E-state index in [1.807, 2.05) is 29.2 Å². The molecule has 0 unspecified atom stereocenters. The van der Waals surface area contributed by atoms with Gasteiger partial charge in [0.05, 0.1) is 22.6 Å². The van der Waals surface area contributed by atoms with E-state index in [2.05, 4.69) is 17.0 Å². The van der Waals surface area contributed by atoms with Crippen LogP contribution in [0.3, 0.4) is 0 Å². The van der Waals surface area contributed by atoms with Gasteiger partial charge in [-0.3, -0.25) is 9.69 Å². The zero-order valence-corrected chi connectivity index (χ0v) is 26.8. The number of ether oxygens (including phenoxy) is 1. The molecular weight excluding hydrogens is 617 g/mol. The molecule has 1 amide bonds. The van der Waals surface area contributed by atoms with Crippen LogP contribution in [0.2, 0.25) is 0 Å². The van der Waals surface area contributed by atoms with Crippen LogP contribution in [0, 0.1) is 5.92 Å². The van der Waals surface area contributed by atoms with Gasteiger partial charge in [0.1, 0.15) is 6.10 Å². The average Bonchev–Trinajstić information content (AvgIpc) is 3.82. The van der Waals surface area contributed by atoms with Gasteiger partial charge in [-0.1, -0.05) is 48.5 Å². The normalized spacial score (nSPS) is 29.0. The lowest BCUT2D eigenvalue weighted by Crippen LogP contribution is -2.78. The number of piperidine rings is 1. The standard InChI is InChI=1S/C39H41F3N2O4/c40-39(41,42)29-10-4-8-26(22-29)13-16-33(46)44(20-5-9-25-6-2-1-3-7-25)30-17-18-38(47)32-23-28-14-15-31(45)35-34(28)37(38,36(30)48-35)19-21-43(32)24-27-11-12-27/h1-4,6-8,10,13-16,22,27,30,32,36,45,47H,5,9,11-12,17-21,23-24H2/t30-,32-,36+,37+,38-/m1/s1. The van der Waals surface area contributed by atoms with Crippen molar-refractivity contribution >= 4 is 12.0 Å². The maximum Gasteiger partial charge on any atom is 0.416 e. The Bertz CT molecular complexity index is 1740. The lowest BCUT2D eigenvalue weighted by Gasteiger charge is -2.65. The zero-order valence-electron chi connectivity index (χ0n) is 26.8. The molecule has 5 atom stereocenters. The zero-order chi connectivity index (χ0) is 33.3. The number of benzene rings is 3. The molecule has 0 aromatic heterocycles. The summed E-state index contributed by atoms with van der Waals surface area (Å²) in [7, 11) is 0.